The molecule has 2 aromatic rings. The molecule has 1 atom stereocenters. The molecule has 22 heavy (non-hydrogen) atoms. The van der Waals surface area contributed by atoms with E-state index in [1.165, 1.54) is 14.2 Å². The van der Waals surface area contributed by atoms with E-state index in [2.05, 4.69) is 15.5 Å². The second kappa shape index (κ2) is 5.25. The van der Waals surface area contributed by atoms with Gasteiger partial charge < -0.3 is 19.9 Å². The van der Waals surface area contributed by atoms with Crippen molar-refractivity contribution in [1.82, 2.24) is 10.2 Å². The second-order valence-electron chi connectivity index (χ2n) is 5.19. The number of benzene rings is 1. The van der Waals surface area contributed by atoms with Crippen LogP contribution < -0.4 is 14.8 Å². The molecule has 1 aliphatic heterocycles. The van der Waals surface area contributed by atoms with Gasteiger partial charge in [0, 0.05) is 23.6 Å². The van der Waals surface area contributed by atoms with Crippen molar-refractivity contribution in [2.45, 2.75) is 19.3 Å². The van der Waals surface area contributed by atoms with Crippen LogP contribution in [0.1, 0.15) is 29.2 Å². The highest BCUT2D eigenvalue weighted by Gasteiger charge is 2.31. The molecule has 3 N–H and O–H groups in total. The Morgan fingerprint density at radius 1 is 1.27 bits per heavy atom. The van der Waals surface area contributed by atoms with Gasteiger partial charge in [0.1, 0.15) is 0 Å². The highest BCUT2D eigenvalue weighted by Crippen LogP contribution is 2.44. The van der Waals surface area contributed by atoms with E-state index >= 15 is 0 Å². The number of nitrogens with one attached hydrogen (secondary N) is 2. The summed E-state index contributed by atoms with van der Waals surface area (Å²) in [5, 5.41) is 19.8. The number of rotatable bonds is 3. The number of phenols is 1. The molecule has 7 nitrogen and oxygen atoms in total. The summed E-state index contributed by atoms with van der Waals surface area (Å²) in [6.45, 7) is 1.91. The van der Waals surface area contributed by atoms with Crippen LogP contribution in [0.2, 0.25) is 0 Å². The molecule has 7 heteroatoms. The molecule has 0 fully saturated rings. The average Bonchev–Trinajstić information content (AvgIpc) is 2.88. The van der Waals surface area contributed by atoms with Gasteiger partial charge in [-0.3, -0.25) is 9.89 Å². The van der Waals surface area contributed by atoms with Crippen LogP contribution in [0.15, 0.2) is 12.1 Å². The summed E-state index contributed by atoms with van der Waals surface area (Å²) in [4.78, 5) is 11.9. The Morgan fingerprint density at radius 3 is 2.50 bits per heavy atom. The minimum atomic E-state index is -0.175. The quantitative estimate of drug-likeness (QED) is 0.805. The summed E-state index contributed by atoms with van der Waals surface area (Å²) in [6, 6.07) is 3.44. The summed E-state index contributed by atoms with van der Waals surface area (Å²) in [5.74, 6) is 0.829. The van der Waals surface area contributed by atoms with E-state index in [4.69, 9.17) is 9.47 Å². The third kappa shape index (κ3) is 2.14. The predicted octanol–water partition coefficient (Wildman–Crippen LogP) is 1.92. The fraction of sp³-hybridized carbons (Fsp3) is 0.333. The summed E-state index contributed by atoms with van der Waals surface area (Å²) in [5.41, 5.74) is 2.66. The number of hydrogen-bond donors (Lipinski definition) is 3. The Kier molecular flexibility index (Phi) is 3.40. The number of anilines is 1. The van der Waals surface area contributed by atoms with Crippen molar-refractivity contribution in [3.63, 3.8) is 0 Å². The molecule has 0 bridgehead atoms. The van der Waals surface area contributed by atoms with E-state index < -0.39 is 0 Å². The highest BCUT2D eigenvalue weighted by atomic mass is 16.5. The molecular formula is C15H17N3O4. The zero-order chi connectivity index (χ0) is 15.9. The first-order chi connectivity index (χ1) is 10.5. The Hall–Kier alpha value is -2.70. The number of phenolic OH excluding ortho intramolecular Hbond substituents is 1. The minimum absolute atomic E-state index is 0.0573. The molecular weight excluding hydrogens is 286 g/mol. The number of amides is 1. The highest BCUT2D eigenvalue weighted by molar-refractivity contribution is 5.94. The van der Waals surface area contributed by atoms with Crippen molar-refractivity contribution in [2.75, 3.05) is 19.5 Å². The number of aromatic hydroxyl groups is 1. The molecule has 0 saturated carbocycles. The topological polar surface area (TPSA) is 96.5 Å². The zero-order valence-corrected chi connectivity index (χ0v) is 12.6. The van der Waals surface area contributed by atoms with Gasteiger partial charge in [0.05, 0.1) is 14.2 Å². The van der Waals surface area contributed by atoms with E-state index in [0.717, 1.165) is 16.8 Å². The molecule has 1 aromatic heterocycles. The first kappa shape index (κ1) is 14.2. The number of H-pyrrole nitrogens is 1. The molecule has 0 saturated heterocycles. The number of fused-ring (bicyclic) bond motifs is 1. The van der Waals surface area contributed by atoms with Crippen molar-refractivity contribution in [1.29, 1.82) is 0 Å². The van der Waals surface area contributed by atoms with Gasteiger partial charge in [0.25, 0.3) is 0 Å². The number of ether oxygens (including phenoxy) is 2. The second-order valence-corrected chi connectivity index (χ2v) is 5.19. The summed E-state index contributed by atoms with van der Waals surface area (Å²) in [6.07, 6.45) is 0.296. The lowest BCUT2D eigenvalue weighted by Gasteiger charge is -2.24. The number of carbonyl (C=O) groups excluding carboxylic acids is 1. The monoisotopic (exact) mass is 303 g/mol. The van der Waals surface area contributed by atoms with Crippen LogP contribution in [-0.2, 0) is 4.79 Å². The number of carbonyl (C=O) groups is 1. The lowest BCUT2D eigenvalue weighted by atomic mass is 9.85. The maximum atomic E-state index is 11.9. The van der Waals surface area contributed by atoms with Crippen molar-refractivity contribution in [3.05, 3.63) is 29.0 Å². The smallest absolute Gasteiger partial charge is 0.226 e. The van der Waals surface area contributed by atoms with Crippen LogP contribution in [0.3, 0.4) is 0 Å². The standard InChI is InChI=1S/C15H17N3O4/c1-7-13-9(6-12(19)16-15(13)18-17-7)8-4-10(21-2)14(20)11(5-8)22-3/h4-5,9,20H,6H2,1-3H3,(H2,16,17,18,19)/t9-/m1/s1. The van der Waals surface area contributed by atoms with Gasteiger partial charge in [-0.15, -0.1) is 0 Å². The number of aryl methyl sites for hydroxylation is 1. The first-order valence-electron chi connectivity index (χ1n) is 6.84. The van der Waals surface area contributed by atoms with Crippen LogP contribution in [0, 0.1) is 6.92 Å². The Bertz CT molecular complexity index is 713. The van der Waals surface area contributed by atoms with E-state index in [-0.39, 0.29) is 17.6 Å². The van der Waals surface area contributed by atoms with Gasteiger partial charge >= 0.3 is 0 Å². The number of methoxy groups -OCH3 is 2. The van der Waals surface area contributed by atoms with Gasteiger partial charge in [0.15, 0.2) is 17.3 Å². The minimum Gasteiger partial charge on any atom is -0.502 e. The third-order valence-electron chi connectivity index (χ3n) is 3.89. The molecule has 3 rings (SSSR count). The first-order valence-corrected chi connectivity index (χ1v) is 6.84. The van der Waals surface area contributed by atoms with Gasteiger partial charge in [-0.25, -0.2) is 0 Å². The molecule has 1 amide bonds. The van der Waals surface area contributed by atoms with Crippen LogP contribution in [0.25, 0.3) is 0 Å². The van der Waals surface area contributed by atoms with E-state index in [0.29, 0.717) is 23.7 Å². The van der Waals surface area contributed by atoms with Crippen molar-refractivity contribution in [2.24, 2.45) is 0 Å². The summed E-state index contributed by atoms with van der Waals surface area (Å²) >= 11 is 0. The average molecular weight is 303 g/mol. The molecule has 0 radical (unpaired) electrons. The van der Waals surface area contributed by atoms with E-state index in [1.807, 2.05) is 6.92 Å². The van der Waals surface area contributed by atoms with Gasteiger partial charge in [0.2, 0.25) is 11.7 Å². The SMILES string of the molecule is COc1cc([C@H]2CC(=O)Nc3n[nH]c(C)c32)cc(OC)c1O. The number of aromatic amines is 1. The van der Waals surface area contributed by atoms with Crippen LogP contribution in [-0.4, -0.2) is 35.4 Å². The molecule has 116 valence electrons. The van der Waals surface area contributed by atoms with Gasteiger partial charge in [-0.1, -0.05) is 0 Å². The van der Waals surface area contributed by atoms with Gasteiger partial charge in [-0.2, -0.15) is 5.10 Å². The lowest BCUT2D eigenvalue weighted by Crippen LogP contribution is -2.23. The van der Waals surface area contributed by atoms with Crippen molar-refractivity contribution in [3.8, 4) is 17.2 Å². The fourth-order valence-corrected chi connectivity index (χ4v) is 2.83. The fourth-order valence-electron chi connectivity index (χ4n) is 2.83. The maximum Gasteiger partial charge on any atom is 0.226 e. The number of nitrogens with zero attached hydrogens (tertiary/aromatic N) is 1. The molecule has 1 aromatic carbocycles. The largest absolute Gasteiger partial charge is 0.502 e. The van der Waals surface area contributed by atoms with Crippen LogP contribution >= 0.6 is 0 Å². The van der Waals surface area contributed by atoms with Gasteiger partial charge in [-0.05, 0) is 24.6 Å². The number of aromatic nitrogens is 2. The van der Waals surface area contributed by atoms with Crippen LogP contribution in [0.5, 0.6) is 17.2 Å². The summed E-state index contributed by atoms with van der Waals surface area (Å²) < 4.78 is 10.4. The molecule has 0 unspecified atom stereocenters. The zero-order valence-electron chi connectivity index (χ0n) is 12.6. The molecule has 2 heterocycles. The van der Waals surface area contributed by atoms with Crippen molar-refractivity contribution < 1.29 is 19.4 Å². The summed E-state index contributed by atoms with van der Waals surface area (Å²) in [7, 11) is 2.95. The Labute approximate surface area is 127 Å². The Morgan fingerprint density at radius 2 is 1.91 bits per heavy atom. The molecule has 0 spiro atoms. The molecule has 0 aliphatic carbocycles. The predicted molar refractivity (Wildman–Crippen MR) is 79.6 cm³/mol. The van der Waals surface area contributed by atoms with E-state index in [1.54, 1.807) is 12.1 Å². The normalized spacial score (nSPS) is 16.9. The maximum absolute atomic E-state index is 11.9. The lowest BCUT2D eigenvalue weighted by molar-refractivity contribution is -0.116. The van der Waals surface area contributed by atoms with E-state index in [9.17, 15) is 9.90 Å². The third-order valence-corrected chi connectivity index (χ3v) is 3.89. The van der Waals surface area contributed by atoms with Crippen molar-refractivity contribution >= 4 is 11.7 Å². The Balaban J connectivity index is 2.15. The molecule has 1 aliphatic rings. The van der Waals surface area contributed by atoms with Crippen LogP contribution in [0.4, 0.5) is 5.82 Å². The number of hydrogen-bond acceptors (Lipinski definition) is 5.